The van der Waals surface area contributed by atoms with Crippen molar-refractivity contribution in [2.24, 2.45) is 5.73 Å². The molecule has 1 saturated heterocycles. The summed E-state index contributed by atoms with van der Waals surface area (Å²) in [6.45, 7) is 7.82. The molecule has 150 valence electrons. The van der Waals surface area contributed by atoms with E-state index >= 15 is 0 Å². The summed E-state index contributed by atoms with van der Waals surface area (Å²) in [5.41, 5.74) is 6.41. The molecule has 0 radical (unpaired) electrons. The minimum absolute atomic E-state index is 0.237. The highest BCUT2D eigenvalue weighted by atomic mass is 16.2. The first-order chi connectivity index (χ1) is 13.9. The number of rotatable bonds is 7. The minimum atomic E-state index is -1.01. The maximum absolute atomic E-state index is 12.8. The average Bonchev–Trinajstić information content (AvgIpc) is 3.17. The third-order valence-corrected chi connectivity index (χ3v) is 5.30. The lowest BCUT2D eigenvalue weighted by Gasteiger charge is -2.40. The van der Waals surface area contributed by atoms with Crippen LogP contribution in [0.5, 0.6) is 0 Å². The lowest BCUT2D eigenvalue weighted by molar-refractivity contribution is -0.132. The number of carbonyl (C=O) groups is 3. The zero-order chi connectivity index (χ0) is 21.0. The number of nitrogens with two attached hydrogens (primary N) is 1. The number of nitrogens with one attached hydrogen (secondary N) is 2. The number of ketones is 1. The Hall–Kier alpha value is -3.61. The number of aromatic nitrogens is 1. The molecule has 2 heterocycles. The predicted molar refractivity (Wildman–Crippen MR) is 112 cm³/mol. The van der Waals surface area contributed by atoms with Crippen LogP contribution in [0, 0.1) is 0 Å². The van der Waals surface area contributed by atoms with E-state index in [-0.39, 0.29) is 25.9 Å². The van der Waals surface area contributed by atoms with Crippen LogP contribution >= 0.6 is 0 Å². The largest absolute Gasteiger partial charge is 0.371 e. The van der Waals surface area contributed by atoms with Gasteiger partial charge in [-0.3, -0.25) is 14.4 Å². The van der Waals surface area contributed by atoms with E-state index in [0.717, 1.165) is 5.52 Å². The number of para-hydroxylation sites is 1. The first-order valence-corrected chi connectivity index (χ1v) is 9.35. The lowest BCUT2D eigenvalue weighted by Crippen LogP contribution is -2.61. The number of H-pyrrole nitrogens is 1. The Bertz CT molecular complexity index is 1010. The summed E-state index contributed by atoms with van der Waals surface area (Å²) in [5, 5.41) is 3.84. The molecule has 1 aromatic heterocycles. The highest BCUT2D eigenvalue weighted by Crippen LogP contribution is 2.25. The average molecular weight is 392 g/mol. The monoisotopic (exact) mass is 392 g/mol. The van der Waals surface area contributed by atoms with E-state index in [0.29, 0.717) is 16.6 Å². The summed E-state index contributed by atoms with van der Waals surface area (Å²) >= 11 is 0. The Kier molecular flexibility index (Phi) is 5.68. The summed E-state index contributed by atoms with van der Waals surface area (Å²) < 4.78 is 0. The topological polar surface area (TPSA) is 108 Å². The van der Waals surface area contributed by atoms with Crippen LogP contribution < -0.4 is 11.1 Å². The van der Waals surface area contributed by atoms with Crippen LogP contribution in [-0.4, -0.2) is 46.1 Å². The molecule has 0 aliphatic carbocycles. The molecule has 0 saturated carbocycles. The zero-order valence-corrected chi connectivity index (χ0v) is 16.1. The molecule has 2 aromatic rings. The first-order valence-electron chi connectivity index (χ1n) is 9.35. The van der Waals surface area contributed by atoms with E-state index in [9.17, 15) is 14.4 Å². The van der Waals surface area contributed by atoms with Crippen molar-refractivity contribution < 1.29 is 14.4 Å². The van der Waals surface area contributed by atoms with E-state index in [2.05, 4.69) is 23.5 Å². The molecule has 3 rings (SSSR count). The van der Waals surface area contributed by atoms with E-state index in [1.165, 1.54) is 4.90 Å². The van der Waals surface area contributed by atoms with Crippen LogP contribution in [0.15, 0.2) is 67.5 Å². The number of hydrogen-bond donors (Lipinski definition) is 3. The van der Waals surface area contributed by atoms with Crippen LogP contribution in [0.25, 0.3) is 10.9 Å². The number of likely N-dealkylation sites (tertiary alicyclic amines) is 1. The number of piperidine rings is 1. The van der Waals surface area contributed by atoms with Gasteiger partial charge in [-0.1, -0.05) is 37.4 Å². The van der Waals surface area contributed by atoms with E-state index in [1.54, 1.807) is 30.5 Å². The summed E-state index contributed by atoms with van der Waals surface area (Å²) in [6.07, 6.45) is 6.98. The molecular formula is C22H24N4O3. The van der Waals surface area contributed by atoms with Crippen LogP contribution in [0.3, 0.4) is 0 Å². The second-order valence-electron chi connectivity index (χ2n) is 7.00. The van der Waals surface area contributed by atoms with Gasteiger partial charge in [-0.2, -0.15) is 0 Å². The van der Waals surface area contributed by atoms with Crippen molar-refractivity contribution >= 4 is 28.5 Å². The Balaban J connectivity index is 1.74. The maximum atomic E-state index is 12.8. The fraction of sp³-hybridized carbons (Fsp3) is 0.227. The minimum Gasteiger partial charge on any atom is -0.371 e. The van der Waals surface area contributed by atoms with Gasteiger partial charge in [0.1, 0.15) is 5.54 Å². The summed E-state index contributed by atoms with van der Waals surface area (Å²) in [4.78, 5) is 42.2. The number of allylic oxidation sites excluding steroid dienone is 3. The molecule has 0 atom stereocenters. The van der Waals surface area contributed by atoms with Crippen LogP contribution in [0.1, 0.15) is 23.2 Å². The van der Waals surface area contributed by atoms with E-state index in [1.807, 2.05) is 18.2 Å². The molecule has 1 aliphatic rings. The van der Waals surface area contributed by atoms with Crippen LogP contribution in [0.4, 0.5) is 0 Å². The second-order valence-corrected chi connectivity index (χ2v) is 7.00. The number of amides is 2. The van der Waals surface area contributed by atoms with Crippen molar-refractivity contribution in [3.8, 4) is 0 Å². The normalized spacial score (nSPS) is 16.3. The molecule has 4 N–H and O–H groups in total. The predicted octanol–water partition coefficient (Wildman–Crippen LogP) is 2.04. The third kappa shape index (κ3) is 3.85. The second kappa shape index (κ2) is 8.18. The zero-order valence-electron chi connectivity index (χ0n) is 16.1. The van der Waals surface area contributed by atoms with Crippen molar-refractivity contribution in [3.05, 3.63) is 73.1 Å². The standard InChI is InChI=1S/C22H24N4O3/c1-3-7-15(4-2)25-22(21(23)29)10-12-26(13-11-22)20(28)19(27)17-14-24-18-9-6-5-8-16(17)18/h3-9,14,24-25H,1-2,10-13H2,(H2,23,29)/b15-7+. The van der Waals surface area contributed by atoms with Crippen LogP contribution in [0.2, 0.25) is 0 Å². The van der Waals surface area contributed by atoms with Gasteiger partial charge >= 0.3 is 0 Å². The van der Waals surface area contributed by atoms with Gasteiger partial charge in [0.05, 0.1) is 5.56 Å². The maximum Gasteiger partial charge on any atom is 0.295 e. The molecule has 2 amide bonds. The van der Waals surface area contributed by atoms with Gasteiger partial charge in [-0.15, -0.1) is 0 Å². The number of fused-ring (bicyclic) bond motifs is 1. The first kappa shape index (κ1) is 20.1. The quantitative estimate of drug-likeness (QED) is 0.381. The number of Topliss-reactive ketones (excluding diaryl/α,β-unsaturated/α-hetero) is 1. The van der Waals surface area contributed by atoms with Crippen molar-refractivity contribution in [1.29, 1.82) is 0 Å². The molecule has 0 spiro atoms. The molecule has 1 fully saturated rings. The van der Waals surface area contributed by atoms with Gasteiger partial charge in [0.25, 0.3) is 11.7 Å². The van der Waals surface area contributed by atoms with Gasteiger partial charge in [0, 0.05) is 35.9 Å². The van der Waals surface area contributed by atoms with Gasteiger partial charge < -0.3 is 20.9 Å². The summed E-state index contributed by atoms with van der Waals surface area (Å²) in [6, 6.07) is 7.32. The van der Waals surface area contributed by atoms with Crippen molar-refractivity contribution in [1.82, 2.24) is 15.2 Å². The number of primary amides is 1. The lowest BCUT2D eigenvalue weighted by atomic mass is 9.86. The molecule has 0 unspecified atom stereocenters. The third-order valence-electron chi connectivity index (χ3n) is 5.30. The number of hydrogen-bond acceptors (Lipinski definition) is 4. The highest BCUT2D eigenvalue weighted by molar-refractivity contribution is 6.44. The van der Waals surface area contributed by atoms with Crippen LogP contribution in [-0.2, 0) is 9.59 Å². The molecule has 29 heavy (non-hydrogen) atoms. The smallest absolute Gasteiger partial charge is 0.295 e. The Morgan fingerprint density at radius 2 is 1.86 bits per heavy atom. The Morgan fingerprint density at radius 3 is 2.48 bits per heavy atom. The number of benzene rings is 1. The van der Waals surface area contributed by atoms with Crippen molar-refractivity contribution in [2.75, 3.05) is 13.1 Å². The molecule has 7 nitrogen and oxygen atoms in total. The molecule has 1 aromatic carbocycles. The Labute approximate surface area is 168 Å². The van der Waals surface area contributed by atoms with E-state index in [4.69, 9.17) is 5.73 Å². The molecule has 7 heteroatoms. The number of aromatic amines is 1. The molecular weight excluding hydrogens is 368 g/mol. The fourth-order valence-corrected chi connectivity index (χ4v) is 3.61. The van der Waals surface area contributed by atoms with Crippen molar-refractivity contribution in [2.45, 2.75) is 18.4 Å². The SMILES string of the molecule is C=C/C=C(\C=C)NC1(C(N)=O)CCN(C(=O)C(=O)c2c[nH]c3ccccc23)CC1. The highest BCUT2D eigenvalue weighted by Gasteiger charge is 2.42. The van der Waals surface area contributed by atoms with Gasteiger partial charge in [0.15, 0.2) is 0 Å². The Morgan fingerprint density at radius 1 is 1.17 bits per heavy atom. The van der Waals surface area contributed by atoms with Gasteiger partial charge in [-0.25, -0.2) is 0 Å². The van der Waals surface area contributed by atoms with E-state index < -0.39 is 23.1 Å². The molecule has 0 bridgehead atoms. The van der Waals surface area contributed by atoms with Gasteiger partial charge in [0.2, 0.25) is 5.91 Å². The molecule has 1 aliphatic heterocycles. The van der Waals surface area contributed by atoms with Crippen molar-refractivity contribution in [3.63, 3.8) is 0 Å². The fourth-order valence-electron chi connectivity index (χ4n) is 3.61. The summed E-state index contributed by atoms with van der Waals surface area (Å²) in [5.74, 6) is -1.66. The number of carbonyl (C=O) groups excluding carboxylic acids is 3. The summed E-state index contributed by atoms with van der Waals surface area (Å²) in [7, 11) is 0. The number of nitrogens with zero attached hydrogens (tertiary/aromatic N) is 1. The van der Waals surface area contributed by atoms with Gasteiger partial charge in [-0.05, 0) is 31.1 Å².